The molecule has 1 amide bonds. The molecule has 5 heteroatoms. The summed E-state index contributed by atoms with van der Waals surface area (Å²) in [6, 6.07) is 8.42. The maximum absolute atomic E-state index is 12.7. The maximum atomic E-state index is 12.7. The van der Waals surface area contributed by atoms with Crippen LogP contribution in [0.4, 0.5) is 5.69 Å². The van der Waals surface area contributed by atoms with Gasteiger partial charge in [-0.15, -0.1) is 0 Å². The number of rotatable bonds is 3. The number of nitrogens with two attached hydrogens (primary N) is 1. The highest BCUT2D eigenvalue weighted by Crippen LogP contribution is 2.31. The average molecular weight is 289 g/mol. The molecule has 0 spiro atoms. The number of amides is 1. The van der Waals surface area contributed by atoms with Crippen LogP contribution in [0.1, 0.15) is 12.5 Å². The molecule has 1 saturated heterocycles. The number of benzene rings is 1. The Morgan fingerprint density at radius 2 is 2.24 bits per heavy atom. The topological polar surface area (TPSA) is 58.8 Å². The van der Waals surface area contributed by atoms with E-state index in [-0.39, 0.29) is 18.1 Å². The first-order valence-corrected chi connectivity index (χ1v) is 7.63. The molecule has 0 aliphatic carbocycles. The Kier molecular flexibility index (Phi) is 4.24. The smallest absolute Gasteiger partial charge is 0.241 e. The van der Waals surface area contributed by atoms with Gasteiger partial charge in [0.25, 0.3) is 0 Å². The molecule has 114 valence electrons. The van der Waals surface area contributed by atoms with Gasteiger partial charge in [-0.2, -0.15) is 0 Å². The second-order valence-corrected chi connectivity index (χ2v) is 5.91. The standard InChI is InChI=1S/C16H23N3O2/c1-12-8-13-4-2-3-5-15(13)19(12)16(20)11-18-6-7-21-14(9-17)10-18/h2-5,12,14H,6-11,17H2,1H3. The van der Waals surface area contributed by atoms with E-state index in [0.717, 1.165) is 25.2 Å². The molecule has 5 nitrogen and oxygen atoms in total. The predicted octanol–water partition coefficient (Wildman–Crippen LogP) is 0.624. The van der Waals surface area contributed by atoms with Crippen LogP contribution >= 0.6 is 0 Å². The molecule has 2 N–H and O–H groups in total. The van der Waals surface area contributed by atoms with Crippen molar-refractivity contribution >= 4 is 11.6 Å². The van der Waals surface area contributed by atoms with Crippen molar-refractivity contribution < 1.29 is 9.53 Å². The van der Waals surface area contributed by atoms with Crippen LogP contribution < -0.4 is 10.6 Å². The van der Waals surface area contributed by atoms with Gasteiger partial charge >= 0.3 is 0 Å². The van der Waals surface area contributed by atoms with Crippen molar-refractivity contribution in [2.24, 2.45) is 5.73 Å². The number of para-hydroxylation sites is 1. The first-order valence-electron chi connectivity index (χ1n) is 7.63. The van der Waals surface area contributed by atoms with Crippen molar-refractivity contribution in [3.8, 4) is 0 Å². The lowest BCUT2D eigenvalue weighted by Gasteiger charge is -2.33. The summed E-state index contributed by atoms with van der Waals surface area (Å²) < 4.78 is 5.55. The summed E-state index contributed by atoms with van der Waals surface area (Å²) in [5.41, 5.74) is 7.99. The lowest BCUT2D eigenvalue weighted by Crippen LogP contribution is -2.50. The minimum atomic E-state index is 0.0508. The third-order valence-electron chi connectivity index (χ3n) is 4.32. The third-order valence-corrected chi connectivity index (χ3v) is 4.32. The van der Waals surface area contributed by atoms with E-state index in [4.69, 9.17) is 10.5 Å². The first-order chi connectivity index (χ1) is 10.2. The highest BCUT2D eigenvalue weighted by molar-refractivity contribution is 5.97. The SMILES string of the molecule is CC1Cc2ccccc2N1C(=O)CN1CCOC(CN)C1. The number of hydrogen-bond donors (Lipinski definition) is 1. The first kappa shape index (κ1) is 14.5. The van der Waals surface area contributed by atoms with Crippen LogP contribution in [-0.2, 0) is 16.0 Å². The van der Waals surface area contributed by atoms with Gasteiger partial charge in [-0.1, -0.05) is 18.2 Å². The van der Waals surface area contributed by atoms with E-state index >= 15 is 0 Å². The molecule has 0 radical (unpaired) electrons. The van der Waals surface area contributed by atoms with Crippen molar-refractivity contribution in [1.29, 1.82) is 0 Å². The number of hydrogen-bond acceptors (Lipinski definition) is 4. The van der Waals surface area contributed by atoms with Crippen LogP contribution in [0.5, 0.6) is 0 Å². The van der Waals surface area contributed by atoms with Crippen molar-refractivity contribution in [3.63, 3.8) is 0 Å². The van der Waals surface area contributed by atoms with E-state index < -0.39 is 0 Å². The molecular weight excluding hydrogens is 266 g/mol. The van der Waals surface area contributed by atoms with Gasteiger partial charge in [0.2, 0.25) is 5.91 Å². The highest BCUT2D eigenvalue weighted by Gasteiger charge is 2.32. The second-order valence-electron chi connectivity index (χ2n) is 5.91. The molecule has 2 aliphatic heterocycles. The molecule has 0 aromatic heterocycles. The molecule has 3 rings (SSSR count). The fraction of sp³-hybridized carbons (Fsp3) is 0.562. The molecule has 2 heterocycles. The lowest BCUT2D eigenvalue weighted by molar-refractivity contribution is -0.122. The Balaban J connectivity index is 1.68. The molecule has 0 bridgehead atoms. The number of nitrogens with zero attached hydrogens (tertiary/aromatic N) is 2. The van der Waals surface area contributed by atoms with E-state index in [1.54, 1.807) is 0 Å². The zero-order valence-electron chi connectivity index (χ0n) is 12.5. The maximum Gasteiger partial charge on any atom is 0.241 e. The number of fused-ring (bicyclic) bond motifs is 1. The largest absolute Gasteiger partial charge is 0.374 e. The fourth-order valence-corrected chi connectivity index (χ4v) is 3.28. The summed E-state index contributed by atoms with van der Waals surface area (Å²) in [7, 11) is 0. The molecule has 21 heavy (non-hydrogen) atoms. The van der Waals surface area contributed by atoms with E-state index in [2.05, 4.69) is 17.9 Å². The summed E-state index contributed by atoms with van der Waals surface area (Å²) in [4.78, 5) is 16.8. The van der Waals surface area contributed by atoms with Gasteiger partial charge in [0.05, 0.1) is 19.3 Å². The van der Waals surface area contributed by atoms with Gasteiger partial charge < -0.3 is 15.4 Å². The fourth-order valence-electron chi connectivity index (χ4n) is 3.28. The summed E-state index contributed by atoms with van der Waals surface area (Å²) in [6.45, 7) is 5.26. The molecule has 1 fully saturated rings. The Hall–Kier alpha value is -1.43. The number of morpholine rings is 1. The lowest BCUT2D eigenvalue weighted by atomic mass is 10.1. The summed E-state index contributed by atoms with van der Waals surface area (Å²) >= 11 is 0. The quantitative estimate of drug-likeness (QED) is 0.886. The molecule has 1 aromatic carbocycles. The van der Waals surface area contributed by atoms with Gasteiger partial charge in [0.15, 0.2) is 0 Å². The van der Waals surface area contributed by atoms with Gasteiger partial charge in [-0.3, -0.25) is 9.69 Å². The van der Waals surface area contributed by atoms with Crippen LogP contribution in [-0.4, -0.2) is 55.7 Å². The third kappa shape index (κ3) is 2.95. The minimum absolute atomic E-state index is 0.0508. The Morgan fingerprint density at radius 3 is 3.05 bits per heavy atom. The molecule has 2 unspecified atom stereocenters. The van der Waals surface area contributed by atoms with Crippen LogP contribution in [0, 0.1) is 0 Å². The van der Waals surface area contributed by atoms with Gasteiger partial charge in [0, 0.05) is 31.4 Å². The molecule has 2 atom stereocenters. The van der Waals surface area contributed by atoms with Crippen LogP contribution in [0.2, 0.25) is 0 Å². The summed E-state index contributed by atoms with van der Waals surface area (Å²) in [5.74, 6) is 0.171. The summed E-state index contributed by atoms with van der Waals surface area (Å²) in [5, 5.41) is 0. The monoisotopic (exact) mass is 289 g/mol. The zero-order valence-corrected chi connectivity index (χ0v) is 12.5. The number of ether oxygens (including phenoxy) is 1. The molecule has 1 aromatic rings. The predicted molar refractivity (Wildman–Crippen MR) is 82.3 cm³/mol. The van der Waals surface area contributed by atoms with E-state index in [1.807, 2.05) is 23.1 Å². The average Bonchev–Trinajstić information content (AvgIpc) is 2.83. The highest BCUT2D eigenvalue weighted by atomic mass is 16.5. The number of anilines is 1. The van der Waals surface area contributed by atoms with Crippen LogP contribution in [0.15, 0.2) is 24.3 Å². The van der Waals surface area contributed by atoms with Crippen molar-refractivity contribution in [2.45, 2.75) is 25.5 Å². The molecular formula is C16H23N3O2. The van der Waals surface area contributed by atoms with Crippen LogP contribution in [0.25, 0.3) is 0 Å². The van der Waals surface area contributed by atoms with Crippen molar-refractivity contribution in [2.75, 3.05) is 37.7 Å². The molecule has 2 aliphatic rings. The molecule has 0 saturated carbocycles. The van der Waals surface area contributed by atoms with Gasteiger partial charge in [-0.05, 0) is 25.0 Å². The van der Waals surface area contributed by atoms with E-state index in [1.165, 1.54) is 5.56 Å². The van der Waals surface area contributed by atoms with Crippen LogP contribution in [0.3, 0.4) is 0 Å². The summed E-state index contributed by atoms with van der Waals surface area (Å²) in [6.07, 6.45) is 0.992. The van der Waals surface area contributed by atoms with Crippen molar-refractivity contribution in [3.05, 3.63) is 29.8 Å². The zero-order chi connectivity index (χ0) is 14.8. The Labute approximate surface area is 125 Å². The number of carbonyl (C=O) groups is 1. The minimum Gasteiger partial charge on any atom is -0.374 e. The van der Waals surface area contributed by atoms with Crippen molar-refractivity contribution in [1.82, 2.24) is 4.90 Å². The second kappa shape index (κ2) is 6.13. The van der Waals surface area contributed by atoms with Gasteiger partial charge in [-0.25, -0.2) is 0 Å². The Bertz CT molecular complexity index is 520. The number of carbonyl (C=O) groups excluding carboxylic acids is 1. The van der Waals surface area contributed by atoms with E-state index in [9.17, 15) is 4.79 Å². The normalized spacial score (nSPS) is 25.9. The Morgan fingerprint density at radius 1 is 1.43 bits per heavy atom. The van der Waals surface area contributed by atoms with E-state index in [0.29, 0.717) is 19.7 Å². The van der Waals surface area contributed by atoms with Gasteiger partial charge in [0.1, 0.15) is 0 Å².